The van der Waals surface area contributed by atoms with Crippen LogP contribution in [0.5, 0.6) is 5.75 Å². The molecule has 0 unspecified atom stereocenters. The fourth-order valence-corrected chi connectivity index (χ4v) is 3.84. The minimum Gasteiger partial charge on any atom is -0.491 e. The van der Waals surface area contributed by atoms with Crippen molar-refractivity contribution in [2.24, 2.45) is 14.1 Å². The number of methoxy groups -OCH3 is 1. The number of ether oxygens (including phenoxy) is 1. The molecule has 1 aromatic carbocycles. The van der Waals surface area contributed by atoms with Crippen LogP contribution in [0.15, 0.2) is 55.0 Å². The van der Waals surface area contributed by atoms with Crippen LogP contribution in [0.2, 0.25) is 0 Å². The molecule has 0 atom stereocenters. The normalized spacial score (nSPS) is 11.0. The lowest BCUT2D eigenvalue weighted by atomic mass is 10.1. The van der Waals surface area contributed by atoms with E-state index in [4.69, 9.17) is 14.7 Å². The Morgan fingerprint density at radius 1 is 1.03 bits per heavy atom. The predicted molar refractivity (Wildman–Crippen MR) is 134 cm³/mol. The number of aryl methyl sites for hydroxylation is 3. The van der Waals surface area contributed by atoms with Gasteiger partial charge in [-0.1, -0.05) is 12.1 Å². The first-order chi connectivity index (χ1) is 16.9. The van der Waals surface area contributed by atoms with E-state index in [0.717, 1.165) is 28.2 Å². The zero-order valence-corrected chi connectivity index (χ0v) is 20.2. The molecule has 0 fully saturated rings. The molecule has 0 saturated heterocycles. The Labute approximate surface area is 202 Å². The Balaban J connectivity index is 1.56. The van der Waals surface area contributed by atoms with E-state index in [0.29, 0.717) is 29.0 Å². The van der Waals surface area contributed by atoms with E-state index >= 15 is 0 Å². The minimum absolute atomic E-state index is 0.493. The van der Waals surface area contributed by atoms with Crippen molar-refractivity contribution in [2.75, 3.05) is 24.4 Å². The van der Waals surface area contributed by atoms with E-state index in [1.807, 2.05) is 68.1 Å². The van der Waals surface area contributed by atoms with E-state index in [-0.39, 0.29) is 0 Å². The summed E-state index contributed by atoms with van der Waals surface area (Å²) < 4.78 is 9.31. The Hall–Kier alpha value is -4.67. The van der Waals surface area contributed by atoms with Gasteiger partial charge in [-0.05, 0) is 30.7 Å². The lowest BCUT2D eigenvalue weighted by Crippen LogP contribution is -2.15. The van der Waals surface area contributed by atoms with Gasteiger partial charge in [0.2, 0.25) is 5.95 Å². The third-order valence-corrected chi connectivity index (χ3v) is 5.66. The molecule has 11 heteroatoms. The first kappa shape index (κ1) is 22.1. The van der Waals surface area contributed by atoms with Crippen molar-refractivity contribution in [3.05, 3.63) is 60.7 Å². The third-order valence-electron chi connectivity index (χ3n) is 5.66. The second-order valence-corrected chi connectivity index (χ2v) is 8.16. The molecule has 35 heavy (non-hydrogen) atoms. The van der Waals surface area contributed by atoms with Crippen molar-refractivity contribution in [3.8, 4) is 28.3 Å². The second kappa shape index (κ2) is 8.93. The summed E-state index contributed by atoms with van der Waals surface area (Å²) in [7, 11) is 7.31. The maximum atomic E-state index is 5.74. The zero-order chi connectivity index (χ0) is 24.5. The highest BCUT2D eigenvalue weighted by Crippen LogP contribution is 2.37. The van der Waals surface area contributed by atoms with Crippen LogP contribution >= 0.6 is 0 Å². The summed E-state index contributed by atoms with van der Waals surface area (Å²) in [5, 5.41) is 19.0. The Bertz CT molecular complexity index is 1460. The highest BCUT2D eigenvalue weighted by Gasteiger charge is 2.21. The smallest absolute Gasteiger partial charge is 0.232 e. The molecule has 0 amide bonds. The summed E-state index contributed by atoms with van der Waals surface area (Å²) in [6.07, 6.45) is 5.43. The molecule has 4 aromatic heterocycles. The lowest BCUT2D eigenvalue weighted by Gasteiger charge is -2.21. The SMILES string of the molecule is COc1c(Nc2cc(C)[nH]n2)nc(N(C)c2ccc(-c3ccnn3C)cc2)nc1-c1cnn(C)c1. The summed E-state index contributed by atoms with van der Waals surface area (Å²) in [5.74, 6) is 2.13. The van der Waals surface area contributed by atoms with Crippen molar-refractivity contribution in [1.29, 1.82) is 0 Å². The molecule has 0 aliphatic heterocycles. The van der Waals surface area contributed by atoms with E-state index < -0.39 is 0 Å². The van der Waals surface area contributed by atoms with Gasteiger partial charge in [0.1, 0.15) is 5.69 Å². The van der Waals surface area contributed by atoms with Crippen LogP contribution in [0, 0.1) is 6.92 Å². The molecule has 5 rings (SSSR count). The van der Waals surface area contributed by atoms with Gasteiger partial charge < -0.3 is 15.0 Å². The summed E-state index contributed by atoms with van der Waals surface area (Å²) in [5.41, 5.74) is 5.41. The topological polar surface area (TPSA) is 115 Å². The molecule has 2 N–H and O–H groups in total. The molecule has 5 aromatic rings. The third kappa shape index (κ3) is 4.31. The highest BCUT2D eigenvalue weighted by molar-refractivity contribution is 5.77. The van der Waals surface area contributed by atoms with Crippen molar-refractivity contribution >= 4 is 23.3 Å². The number of hydrogen-bond donors (Lipinski definition) is 2. The number of rotatable bonds is 7. The first-order valence-electron chi connectivity index (χ1n) is 11.0. The monoisotopic (exact) mass is 470 g/mol. The van der Waals surface area contributed by atoms with Crippen LogP contribution in [-0.4, -0.2) is 53.9 Å². The van der Waals surface area contributed by atoms with E-state index in [2.05, 4.69) is 37.8 Å². The van der Waals surface area contributed by atoms with Crippen LogP contribution in [0.3, 0.4) is 0 Å². The van der Waals surface area contributed by atoms with Crippen LogP contribution in [0.25, 0.3) is 22.5 Å². The van der Waals surface area contributed by atoms with Crippen LogP contribution in [0.1, 0.15) is 5.69 Å². The van der Waals surface area contributed by atoms with Gasteiger partial charge in [-0.3, -0.25) is 14.5 Å². The first-order valence-corrected chi connectivity index (χ1v) is 11.0. The molecular formula is C24H26N10O. The summed E-state index contributed by atoms with van der Waals surface area (Å²) in [6, 6.07) is 12.1. The summed E-state index contributed by atoms with van der Waals surface area (Å²) in [4.78, 5) is 11.6. The number of nitrogens with one attached hydrogen (secondary N) is 2. The quantitative estimate of drug-likeness (QED) is 0.369. The molecule has 0 radical (unpaired) electrons. The average Bonchev–Trinajstić information content (AvgIpc) is 3.59. The second-order valence-electron chi connectivity index (χ2n) is 8.16. The number of anilines is 4. The number of benzene rings is 1. The molecular weight excluding hydrogens is 444 g/mol. The number of nitrogens with zero attached hydrogens (tertiary/aromatic N) is 8. The molecule has 0 saturated carbocycles. The number of aromatic nitrogens is 8. The lowest BCUT2D eigenvalue weighted by molar-refractivity contribution is 0.415. The van der Waals surface area contributed by atoms with Crippen molar-refractivity contribution in [3.63, 3.8) is 0 Å². The van der Waals surface area contributed by atoms with Gasteiger partial charge in [-0.15, -0.1) is 0 Å². The molecule has 0 spiro atoms. The standard InChI is InChI=1S/C24H26N10O/c1-15-12-20(31-30-15)27-23-22(35-5)21(17-13-26-32(2)14-17)28-24(29-23)33(3)18-8-6-16(7-9-18)19-10-11-25-34(19)4/h6-14H,1-5H3,(H2,27,28,29,30,31). The number of aromatic amines is 1. The van der Waals surface area contributed by atoms with E-state index in [9.17, 15) is 0 Å². The van der Waals surface area contributed by atoms with Gasteiger partial charge in [0, 0.05) is 56.5 Å². The van der Waals surface area contributed by atoms with Crippen molar-refractivity contribution < 1.29 is 4.74 Å². The van der Waals surface area contributed by atoms with E-state index in [1.165, 1.54) is 0 Å². The summed E-state index contributed by atoms with van der Waals surface area (Å²) in [6.45, 7) is 1.94. The Morgan fingerprint density at radius 2 is 1.83 bits per heavy atom. The minimum atomic E-state index is 0.493. The fourth-order valence-electron chi connectivity index (χ4n) is 3.84. The highest BCUT2D eigenvalue weighted by atomic mass is 16.5. The van der Waals surface area contributed by atoms with Crippen LogP contribution < -0.4 is 15.0 Å². The molecule has 0 aliphatic carbocycles. The molecule has 11 nitrogen and oxygen atoms in total. The largest absolute Gasteiger partial charge is 0.491 e. The maximum Gasteiger partial charge on any atom is 0.232 e. The van der Waals surface area contributed by atoms with Gasteiger partial charge in [0.25, 0.3) is 0 Å². The van der Waals surface area contributed by atoms with Gasteiger partial charge in [0.15, 0.2) is 17.4 Å². The molecule has 4 heterocycles. The Morgan fingerprint density at radius 3 is 2.43 bits per heavy atom. The van der Waals surface area contributed by atoms with Gasteiger partial charge in [0.05, 0.1) is 19.0 Å². The van der Waals surface area contributed by atoms with Crippen LogP contribution in [0.4, 0.5) is 23.3 Å². The Kier molecular flexibility index (Phi) is 5.65. The van der Waals surface area contributed by atoms with Gasteiger partial charge in [-0.2, -0.15) is 20.3 Å². The number of hydrogen-bond acceptors (Lipinski definition) is 8. The average molecular weight is 471 g/mol. The maximum absolute atomic E-state index is 5.74. The molecule has 0 bridgehead atoms. The molecule has 178 valence electrons. The van der Waals surface area contributed by atoms with Crippen molar-refractivity contribution in [2.45, 2.75) is 6.92 Å². The predicted octanol–water partition coefficient (Wildman–Crippen LogP) is 3.83. The zero-order valence-electron chi connectivity index (χ0n) is 20.2. The van der Waals surface area contributed by atoms with Gasteiger partial charge in [-0.25, -0.2) is 4.98 Å². The van der Waals surface area contributed by atoms with E-state index in [1.54, 1.807) is 24.2 Å². The van der Waals surface area contributed by atoms with Gasteiger partial charge >= 0.3 is 0 Å². The van der Waals surface area contributed by atoms with Crippen molar-refractivity contribution in [1.82, 2.24) is 39.7 Å². The van der Waals surface area contributed by atoms with Crippen LogP contribution in [-0.2, 0) is 14.1 Å². The summed E-state index contributed by atoms with van der Waals surface area (Å²) >= 11 is 0. The number of H-pyrrole nitrogens is 1. The molecule has 0 aliphatic rings. The fraction of sp³-hybridized carbons (Fsp3) is 0.208.